The first-order chi connectivity index (χ1) is 13.7. The molecule has 0 unspecified atom stereocenters. The maximum Gasteiger partial charge on any atom is 0.416 e. The smallest absolute Gasteiger partial charge is 0.297 e. The molecule has 0 spiro atoms. The van der Waals surface area contributed by atoms with Crippen molar-refractivity contribution in [2.45, 2.75) is 11.9 Å². The Morgan fingerprint density at radius 1 is 1.07 bits per heavy atom. The van der Waals surface area contributed by atoms with E-state index in [4.69, 9.17) is 0 Å². The average Bonchev–Trinajstić information content (AvgIpc) is 3.23. The van der Waals surface area contributed by atoms with E-state index < -0.39 is 27.5 Å². The van der Waals surface area contributed by atoms with Gasteiger partial charge >= 0.3 is 6.18 Å². The zero-order valence-electron chi connectivity index (χ0n) is 14.7. The van der Waals surface area contributed by atoms with Gasteiger partial charge in [0.25, 0.3) is 0 Å². The van der Waals surface area contributed by atoms with Gasteiger partial charge in [-0.1, -0.05) is 30.3 Å². The van der Waals surface area contributed by atoms with Crippen molar-refractivity contribution in [3.63, 3.8) is 0 Å². The van der Waals surface area contributed by atoms with Crippen LogP contribution in [-0.2, 0) is 22.0 Å². The fourth-order valence-corrected chi connectivity index (χ4v) is 4.78. The van der Waals surface area contributed by atoms with E-state index in [1.54, 1.807) is 30.5 Å². The largest absolute Gasteiger partial charge is 0.416 e. The topological polar surface area (TPSA) is 63.5 Å². The van der Waals surface area contributed by atoms with E-state index in [1.807, 2.05) is 16.0 Å². The average molecular weight is 437 g/mol. The minimum Gasteiger partial charge on any atom is -0.297 e. The molecule has 0 saturated carbocycles. The van der Waals surface area contributed by atoms with Crippen LogP contribution in [0.3, 0.4) is 0 Å². The summed E-state index contributed by atoms with van der Waals surface area (Å²) in [5.41, 5.74) is 1.01. The minimum absolute atomic E-state index is 0.255. The molecule has 4 rings (SSSR count). The van der Waals surface area contributed by atoms with E-state index in [0.717, 1.165) is 29.2 Å². The molecular weight excluding hydrogens is 423 g/mol. The van der Waals surface area contributed by atoms with Crippen LogP contribution in [0.5, 0.6) is 0 Å². The van der Waals surface area contributed by atoms with Gasteiger partial charge in [0, 0.05) is 23.3 Å². The molecule has 0 fully saturated rings. The predicted octanol–water partition coefficient (Wildman–Crippen LogP) is 5.02. The number of hydrogen-bond acceptors (Lipinski definition) is 4. The highest BCUT2D eigenvalue weighted by Crippen LogP contribution is 2.31. The van der Waals surface area contributed by atoms with Crippen LogP contribution < -0.4 is 4.72 Å². The number of para-hydroxylation sites is 1. The second kappa shape index (κ2) is 7.20. The summed E-state index contributed by atoms with van der Waals surface area (Å²) in [5, 5.41) is 1.89. The summed E-state index contributed by atoms with van der Waals surface area (Å²) in [6, 6.07) is 10.9. The van der Waals surface area contributed by atoms with Crippen molar-refractivity contribution in [3.8, 4) is 11.3 Å². The third kappa shape index (κ3) is 4.28. The summed E-state index contributed by atoms with van der Waals surface area (Å²) < 4.78 is 67.6. The number of hydrogen-bond donors (Lipinski definition) is 1. The molecule has 0 aliphatic carbocycles. The van der Waals surface area contributed by atoms with Gasteiger partial charge in [-0.05, 0) is 23.8 Å². The summed E-state index contributed by atoms with van der Waals surface area (Å²) in [6.07, 6.45) is -0.810. The molecule has 0 saturated heterocycles. The van der Waals surface area contributed by atoms with Gasteiger partial charge in [-0.3, -0.25) is 9.12 Å². The van der Waals surface area contributed by atoms with E-state index in [2.05, 4.69) is 9.71 Å². The van der Waals surface area contributed by atoms with Crippen LogP contribution in [0.1, 0.15) is 11.1 Å². The SMILES string of the molecule is O=S(=O)(Cc1ccc(C(F)(F)F)cc1)Nc1ccccc1-c1cn2ccsc2n1. The van der Waals surface area contributed by atoms with Crippen molar-refractivity contribution in [2.75, 3.05) is 4.72 Å². The standard InChI is InChI=1S/C19H14F3N3O2S2/c20-19(21,22)14-7-5-13(6-8-14)12-29(26,27)24-16-4-2-1-3-15(16)17-11-25-9-10-28-18(25)23-17/h1-11,24H,12H2. The van der Waals surface area contributed by atoms with Gasteiger partial charge in [0.2, 0.25) is 10.0 Å². The summed E-state index contributed by atoms with van der Waals surface area (Å²) >= 11 is 1.46. The molecule has 2 aromatic heterocycles. The number of thiazole rings is 1. The Bertz CT molecular complexity index is 1230. The number of imidazole rings is 1. The molecule has 0 bridgehead atoms. The van der Waals surface area contributed by atoms with Gasteiger partial charge < -0.3 is 0 Å². The number of nitrogens with one attached hydrogen (secondary N) is 1. The second-order valence-electron chi connectivity index (χ2n) is 6.32. The Balaban J connectivity index is 1.58. The third-order valence-corrected chi connectivity index (χ3v) is 6.21. The zero-order chi connectivity index (χ0) is 20.6. The predicted molar refractivity (Wildman–Crippen MR) is 106 cm³/mol. The van der Waals surface area contributed by atoms with Gasteiger partial charge in [0.1, 0.15) is 0 Å². The first-order valence-electron chi connectivity index (χ1n) is 8.39. The molecule has 5 nitrogen and oxygen atoms in total. The van der Waals surface area contributed by atoms with Crippen LogP contribution in [-0.4, -0.2) is 17.8 Å². The number of sulfonamides is 1. The summed E-state index contributed by atoms with van der Waals surface area (Å²) in [4.78, 5) is 5.27. The fourth-order valence-electron chi connectivity index (χ4n) is 2.87. The number of anilines is 1. The molecule has 10 heteroatoms. The maximum absolute atomic E-state index is 12.7. The van der Waals surface area contributed by atoms with E-state index in [1.165, 1.54) is 11.3 Å². The fraction of sp³-hybridized carbons (Fsp3) is 0.105. The van der Waals surface area contributed by atoms with E-state index >= 15 is 0 Å². The van der Waals surface area contributed by atoms with Gasteiger partial charge in [-0.15, -0.1) is 11.3 Å². The molecule has 0 atom stereocenters. The van der Waals surface area contributed by atoms with Crippen molar-refractivity contribution in [2.24, 2.45) is 0 Å². The van der Waals surface area contributed by atoms with Gasteiger partial charge in [0.15, 0.2) is 4.96 Å². The number of fused-ring (bicyclic) bond motifs is 1. The molecule has 2 heterocycles. The lowest BCUT2D eigenvalue weighted by Crippen LogP contribution is -2.16. The maximum atomic E-state index is 12.7. The van der Waals surface area contributed by atoms with Gasteiger partial charge in [0.05, 0.1) is 22.7 Å². The normalized spacial score (nSPS) is 12.4. The van der Waals surface area contributed by atoms with Gasteiger partial charge in [-0.25, -0.2) is 13.4 Å². The highest BCUT2D eigenvalue weighted by atomic mass is 32.2. The first-order valence-corrected chi connectivity index (χ1v) is 10.9. The number of aromatic nitrogens is 2. The Kier molecular flexibility index (Phi) is 4.83. The minimum atomic E-state index is -4.47. The highest BCUT2D eigenvalue weighted by Gasteiger charge is 2.30. The van der Waals surface area contributed by atoms with Crippen molar-refractivity contribution >= 4 is 32.0 Å². The molecule has 2 aromatic carbocycles. The van der Waals surface area contributed by atoms with Crippen LogP contribution >= 0.6 is 11.3 Å². The number of benzene rings is 2. The lowest BCUT2D eigenvalue weighted by atomic mass is 10.1. The summed E-state index contributed by atoms with van der Waals surface area (Å²) in [6.45, 7) is 0. The molecular formula is C19H14F3N3O2S2. The van der Waals surface area contributed by atoms with Gasteiger partial charge in [-0.2, -0.15) is 13.2 Å². The lowest BCUT2D eigenvalue weighted by molar-refractivity contribution is -0.137. The van der Waals surface area contributed by atoms with E-state index in [9.17, 15) is 21.6 Å². The van der Waals surface area contributed by atoms with Crippen molar-refractivity contribution in [1.29, 1.82) is 0 Å². The number of rotatable bonds is 5. The van der Waals surface area contributed by atoms with Crippen LogP contribution in [0, 0.1) is 0 Å². The Labute approximate surface area is 168 Å². The van der Waals surface area contributed by atoms with Crippen LogP contribution in [0.4, 0.5) is 18.9 Å². The molecule has 0 radical (unpaired) electrons. The molecule has 0 aliphatic heterocycles. The van der Waals surface area contributed by atoms with Crippen LogP contribution in [0.2, 0.25) is 0 Å². The molecule has 0 amide bonds. The van der Waals surface area contributed by atoms with Crippen LogP contribution in [0.15, 0.2) is 66.3 Å². The van der Waals surface area contributed by atoms with Crippen molar-refractivity contribution in [3.05, 3.63) is 77.4 Å². The quantitative estimate of drug-likeness (QED) is 0.477. The zero-order valence-corrected chi connectivity index (χ0v) is 16.4. The Morgan fingerprint density at radius 3 is 2.48 bits per heavy atom. The number of alkyl halides is 3. The molecule has 29 heavy (non-hydrogen) atoms. The monoisotopic (exact) mass is 437 g/mol. The molecule has 150 valence electrons. The van der Waals surface area contributed by atoms with E-state index in [-0.39, 0.29) is 5.56 Å². The lowest BCUT2D eigenvalue weighted by Gasteiger charge is -2.12. The Hall–Kier alpha value is -2.85. The first kappa shape index (κ1) is 19.5. The van der Waals surface area contributed by atoms with Crippen LogP contribution in [0.25, 0.3) is 16.2 Å². The van der Waals surface area contributed by atoms with Crippen molar-refractivity contribution < 1.29 is 21.6 Å². The molecule has 4 aromatic rings. The van der Waals surface area contributed by atoms with E-state index in [0.29, 0.717) is 16.9 Å². The molecule has 1 N–H and O–H groups in total. The third-order valence-electron chi connectivity index (χ3n) is 4.20. The summed E-state index contributed by atoms with van der Waals surface area (Å²) in [5.74, 6) is -0.447. The van der Waals surface area contributed by atoms with Crippen molar-refractivity contribution in [1.82, 2.24) is 9.38 Å². The number of nitrogens with zero attached hydrogens (tertiary/aromatic N) is 2. The summed E-state index contributed by atoms with van der Waals surface area (Å²) in [7, 11) is -3.85. The second-order valence-corrected chi connectivity index (χ2v) is 8.92. The number of halogens is 3. The molecule has 0 aliphatic rings. The Morgan fingerprint density at radius 2 is 1.79 bits per heavy atom. The highest BCUT2D eigenvalue weighted by molar-refractivity contribution is 7.91.